The van der Waals surface area contributed by atoms with E-state index in [4.69, 9.17) is 19.3 Å². The monoisotopic (exact) mass is 1600 g/mol. The lowest BCUT2D eigenvalue weighted by atomic mass is 10.1. The van der Waals surface area contributed by atoms with Crippen LogP contribution < -0.4 is 33.4 Å². The van der Waals surface area contributed by atoms with E-state index in [0.717, 1.165) is 28.9 Å². The molecule has 0 saturated carbocycles. The summed E-state index contributed by atoms with van der Waals surface area (Å²) >= 11 is 0. The van der Waals surface area contributed by atoms with Crippen LogP contribution in [0.4, 0.5) is 5.95 Å². The molecule has 0 aromatic carbocycles. The molecule has 0 aliphatic rings. The number of nitrogen functional groups attached to an aromatic ring is 1. The molecule has 3 amide bonds. The first-order chi connectivity index (χ1) is 53.2. The van der Waals surface area contributed by atoms with Crippen molar-refractivity contribution < 1.29 is 32.5 Å². The van der Waals surface area contributed by atoms with Crippen LogP contribution in [0.2, 0.25) is 0 Å². The highest BCUT2D eigenvalue weighted by Crippen LogP contribution is 2.11. The van der Waals surface area contributed by atoms with Gasteiger partial charge in [-0.25, -0.2) is 44.2 Å². The minimum atomic E-state index is -0.303. The summed E-state index contributed by atoms with van der Waals surface area (Å²) < 4.78 is 25.5. The van der Waals surface area contributed by atoms with Gasteiger partial charge in [0.05, 0.1) is 32.1 Å². The molecule has 13 aromatic rings. The van der Waals surface area contributed by atoms with Crippen molar-refractivity contribution in [2.24, 2.45) is 42.3 Å². The normalized spacial score (nSPS) is 9.49. The number of pyridine rings is 1. The Morgan fingerprint density at radius 1 is 0.605 bits per heavy atom. The lowest BCUT2D eigenvalue weighted by Crippen LogP contribution is -2.38. The summed E-state index contributed by atoms with van der Waals surface area (Å²) in [6.45, 7) is 40.8. The van der Waals surface area contributed by atoms with Crippen molar-refractivity contribution in [3.05, 3.63) is 194 Å². The van der Waals surface area contributed by atoms with E-state index in [1.54, 1.807) is 141 Å². The minimum Gasteiger partial charge on any atom is -0.365 e. The van der Waals surface area contributed by atoms with E-state index < -0.39 is 0 Å². The number of aromatic nitrogens is 31. The van der Waals surface area contributed by atoms with Crippen LogP contribution in [0.5, 0.6) is 0 Å². The number of anilines is 1. The zero-order valence-electron chi connectivity index (χ0n) is 71.5. The number of hydrogen-bond donors (Lipinski definition) is 8. The first-order valence-corrected chi connectivity index (χ1v) is 34.8. The fraction of sp³-hybridized carbons (Fsp3) is 0.507. The van der Waals surface area contributed by atoms with Crippen molar-refractivity contribution in [3.63, 3.8) is 0 Å². The quantitative estimate of drug-likeness (QED) is 0.104. The summed E-state index contributed by atoms with van der Waals surface area (Å²) in [6.07, 6.45) is 19.0. The van der Waals surface area contributed by atoms with Crippen LogP contribution in [-0.4, -0.2) is 204 Å². The Bertz CT molecular complexity index is 4330. The second kappa shape index (κ2) is 59.5. The van der Waals surface area contributed by atoms with E-state index in [-0.39, 0.29) is 46.3 Å². The second-order valence-corrected chi connectivity index (χ2v) is 25.3. The number of amides is 3. The van der Waals surface area contributed by atoms with Crippen molar-refractivity contribution in [1.82, 2.24) is 170 Å². The number of aromatic amines is 5. The molecule has 0 aliphatic carbocycles. The number of nitrogens with zero attached hydrogens (tertiary/aromatic N) is 27. The summed E-state index contributed by atoms with van der Waals surface area (Å²) in [4.78, 5) is 108. The molecule has 630 valence electrons. The van der Waals surface area contributed by atoms with Gasteiger partial charge in [0, 0.05) is 170 Å². The molecule has 45 heteroatoms. The van der Waals surface area contributed by atoms with E-state index in [9.17, 15) is 28.8 Å². The fourth-order valence-corrected chi connectivity index (χ4v) is 5.92. The van der Waals surface area contributed by atoms with Crippen molar-refractivity contribution in [1.29, 1.82) is 0 Å². The van der Waals surface area contributed by atoms with Crippen LogP contribution in [-0.2, 0) is 56.7 Å². The third-order valence-corrected chi connectivity index (χ3v) is 11.6. The number of carbonyl (C=O) groups is 3. The molecule has 9 N–H and O–H groups in total. The number of nitrogens with two attached hydrogens (primary N) is 1. The number of carbonyl (C=O) groups excluding carboxylic acids is 3. The van der Waals surface area contributed by atoms with Crippen LogP contribution in [0.15, 0.2) is 119 Å². The molecular weight excluding hydrogens is 1480 g/mol. The summed E-state index contributed by atoms with van der Waals surface area (Å²) in [5.41, 5.74) is 6.44. The lowest BCUT2D eigenvalue weighted by Gasteiger charge is -2.18. The summed E-state index contributed by atoms with van der Waals surface area (Å²) in [6, 6.07) is 5.86. The van der Waals surface area contributed by atoms with Crippen LogP contribution in [0.3, 0.4) is 0 Å². The summed E-state index contributed by atoms with van der Waals surface area (Å²) in [5, 5.41) is 49.9. The smallest absolute Gasteiger partial charge is 0.361 e. The second-order valence-electron chi connectivity index (χ2n) is 25.3. The maximum Gasteiger partial charge on any atom is 0.361 e. The lowest BCUT2D eigenvalue weighted by molar-refractivity contribution is -0.126. The van der Waals surface area contributed by atoms with Gasteiger partial charge in [0.25, 0.3) is 5.95 Å². The molecule has 0 fully saturated rings. The molecule has 114 heavy (non-hydrogen) atoms. The van der Waals surface area contributed by atoms with Gasteiger partial charge in [0.1, 0.15) is 23.8 Å². The van der Waals surface area contributed by atoms with E-state index >= 15 is 0 Å². The van der Waals surface area contributed by atoms with Crippen molar-refractivity contribution >= 4 is 23.7 Å². The number of rotatable bonds is 3. The molecule has 0 spiro atoms. The molecule has 45 nitrogen and oxygen atoms in total. The van der Waals surface area contributed by atoms with Gasteiger partial charge in [-0.3, -0.25) is 34.0 Å². The summed E-state index contributed by atoms with van der Waals surface area (Å²) in [7, 11) is 15.8. The largest absolute Gasteiger partial charge is 0.365 e. The molecule has 0 saturated heterocycles. The SMILES string of the molecule is CC(=O)N(C)C.CC(=O)NC(C)(C)C.CNC(C)=O.Cc1ccccn1.Cc1cnc[nH]1.Cc1n[nH]c(=O)[nH]1.Cc1nc(C(C)C)no1.Cc1nc(C(C)C)no1.Cc1nc(N)no1.Cc1nccn1C.Cc1nn(C)c(=O)[nH]1.Cc1nnn(C)n1.Cc1noc(C(C)C)n1.Cn1ccnc1.Cn1cnc(=O)[nH]1.Cn1nccn1. The zero-order chi connectivity index (χ0) is 87.6. The number of imidazole rings is 3. The molecular formula is C69H119N35O10. The van der Waals surface area contributed by atoms with Gasteiger partial charge in [-0.05, 0) is 91.7 Å². The molecule has 0 unspecified atom stereocenters. The maximum atomic E-state index is 10.5. The third-order valence-electron chi connectivity index (χ3n) is 11.6. The Morgan fingerprint density at radius 3 is 1.30 bits per heavy atom. The van der Waals surface area contributed by atoms with Gasteiger partial charge >= 0.3 is 17.1 Å². The van der Waals surface area contributed by atoms with Crippen LogP contribution in [0.25, 0.3) is 0 Å². The Labute approximate surface area is 662 Å². The average Bonchev–Trinajstić information content (AvgIpc) is 1.78. The highest BCUT2D eigenvalue weighted by molar-refractivity contribution is 5.73. The Morgan fingerprint density at radius 2 is 1.17 bits per heavy atom. The van der Waals surface area contributed by atoms with Gasteiger partial charge < -0.3 is 53.5 Å². The molecule has 13 heterocycles. The Hall–Kier alpha value is -13.4. The average molecular weight is 1600 g/mol. The molecule has 0 bridgehead atoms. The van der Waals surface area contributed by atoms with Crippen LogP contribution in [0, 0.1) is 69.2 Å². The topological polar surface area (TPSA) is 575 Å². The van der Waals surface area contributed by atoms with Gasteiger partial charge in [-0.1, -0.05) is 63.1 Å². The van der Waals surface area contributed by atoms with Crippen molar-refractivity contribution in [2.45, 2.75) is 176 Å². The third kappa shape index (κ3) is 61.5. The van der Waals surface area contributed by atoms with Crippen molar-refractivity contribution in [3.8, 4) is 0 Å². The molecule has 0 radical (unpaired) electrons. The number of H-pyrrole nitrogens is 5. The number of hydrogen-bond acceptors (Lipinski definition) is 31. The molecule has 13 rings (SSSR count). The highest BCUT2D eigenvalue weighted by Gasteiger charge is 2.10. The van der Waals surface area contributed by atoms with Crippen molar-refractivity contribution in [2.75, 3.05) is 26.9 Å². The predicted molar refractivity (Wildman–Crippen MR) is 425 cm³/mol. The first kappa shape index (κ1) is 105. The van der Waals surface area contributed by atoms with Gasteiger partial charge in [-0.2, -0.15) is 54.9 Å². The first-order valence-electron chi connectivity index (χ1n) is 34.8. The van der Waals surface area contributed by atoms with E-state index in [0.29, 0.717) is 64.6 Å². The van der Waals surface area contributed by atoms with Gasteiger partial charge in [0.15, 0.2) is 23.3 Å². The zero-order valence-corrected chi connectivity index (χ0v) is 71.5. The molecule has 0 aliphatic heterocycles. The number of tetrazole rings is 1. The molecule has 13 aromatic heterocycles. The Kier molecular flexibility index (Phi) is 54.6. The van der Waals surface area contributed by atoms with Gasteiger partial charge in [0.2, 0.25) is 41.3 Å². The van der Waals surface area contributed by atoms with Crippen LogP contribution >= 0.6 is 0 Å². The fourth-order valence-electron chi connectivity index (χ4n) is 5.92. The predicted octanol–water partition coefficient (Wildman–Crippen LogP) is 5.75. The minimum absolute atomic E-state index is 0.00463. The number of nitrogens with one attached hydrogen (secondary N) is 7. The van der Waals surface area contributed by atoms with E-state index in [2.05, 4.69) is 142 Å². The standard InChI is InChI=1S/3C6H10N2O.C6H13NO.C6H7N.C5H8N2.C4H7N3O.2C4H6N2.C4H9NO.C3H6N4.3C3H5N3O.C3H5N3.C3H7NO/c2*1-4(2)6-7-5(3)9-8-6;1-4(2)6-7-5(3)8-9-6;1-5(8)7-6(2,3)4;1-6-4-2-3-5-7-6;1-5-6-3-4-7(5)2;1-3-5-4(8)7(2)6-3;1-4-2-5-3-6-4;1-6-3-2-5-4-6;1-4(6)5(2)3;1-3-4-6-7(2)5-3;1-6-2-4-3(7)5-6;1-2-5-3(4)6-7-2;1-2-4-3(7)6-5-2;1-6-4-2-3-5-6;1-3(5)4-2/h3*4H,1-3H3;1-4H3,(H,7,8);2-5H,1H3;3-4H,1-2H3;1-2H3,(H,5,6,8);2-3H,1H3,(H,5,6);2-4H,1H3;1-3H3;1-2H3;2H,1H3,(H,5,7);1H3,(H2,4,6);1H3,(H2,4,5,6,7);2-3H,1H3;1-2H3,(H,4,5). The maximum absolute atomic E-state index is 10.5. The highest BCUT2D eigenvalue weighted by atomic mass is 16.5. The van der Waals surface area contributed by atoms with Gasteiger partial charge in [-0.15, -0.1) is 10.2 Å². The Balaban J connectivity index is -0.00000116. The molecule has 0 atom stereocenters. The van der Waals surface area contributed by atoms with Crippen LogP contribution in [0.1, 0.15) is 177 Å². The van der Waals surface area contributed by atoms with E-state index in [1.807, 2.05) is 144 Å². The summed E-state index contributed by atoms with van der Waals surface area (Å²) in [5.74, 6) is 9.18. The van der Waals surface area contributed by atoms with E-state index in [1.165, 1.54) is 51.0 Å². The number of aryl methyl sites for hydroxylation is 16.